The summed E-state index contributed by atoms with van der Waals surface area (Å²) in [7, 11) is 0. The number of nitro benzene ring substituents is 1. The van der Waals surface area contributed by atoms with E-state index in [0.29, 0.717) is 6.54 Å². The average molecular weight is 210 g/mol. The van der Waals surface area contributed by atoms with Crippen LogP contribution in [-0.2, 0) is 6.54 Å². The molecular formula is C10H14N2O3. The highest BCUT2D eigenvalue weighted by Crippen LogP contribution is 2.14. The second kappa shape index (κ2) is 4.86. The van der Waals surface area contributed by atoms with Crippen LogP contribution in [0, 0.1) is 10.1 Å². The smallest absolute Gasteiger partial charge is 0.269 e. The molecule has 1 N–H and O–H groups in total. The molecular weight excluding hydrogens is 196 g/mol. The lowest BCUT2D eigenvalue weighted by atomic mass is 10.2. The number of hydrogen-bond donors (Lipinski definition) is 1. The maximum atomic E-state index is 10.5. The quantitative estimate of drug-likeness (QED) is 0.611. The summed E-state index contributed by atoms with van der Waals surface area (Å²) in [5.74, 6) is 0. The van der Waals surface area contributed by atoms with Crippen LogP contribution in [0.15, 0.2) is 24.3 Å². The molecule has 5 nitrogen and oxygen atoms in total. The maximum absolute atomic E-state index is 10.5. The molecule has 0 amide bonds. The summed E-state index contributed by atoms with van der Waals surface area (Å²) in [6.45, 7) is 3.98. The Morgan fingerprint density at radius 3 is 2.73 bits per heavy atom. The first kappa shape index (κ1) is 11.6. The Morgan fingerprint density at radius 2 is 2.20 bits per heavy atom. The topological polar surface area (TPSA) is 66.6 Å². The molecule has 1 aromatic carbocycles. The molecule has 1 rings (SSSR count). The Labute approximate surface area is 88.1 Å². The van der Waals surface area contributed by atoms with Crippen LogP contribution < -0.4 is 0 Å². The lowest BCUT2D eigenvalue weighted by Crippen LogP contribution is -2.26. The van der Waals surface area contributed by atoms with Crippen LogP contribution >= 0.6 is 0 Å². The highest BCUT2D eigenvalue weighted by Gasteiger charge is 2.09. The standard InChI is InChI=1S/C10H14N2O3/c1-8(2)11(13)7-9-4-3-5-10(6-9)12(14)15/h3-6,8,13H,7H2,1-2H3. The molecule has 0 aliphatic carbocycles. The van der Waals surface area contributed by atoms with E-state index in [4.69, 9.17) is 0 Å². The lowest BCUT2D eigenvalue weighted by molar-refractivity contribution is -0.385. The minimum absolute atomic E-state index is 0.00994. The number of nitrogens with zero attached hydrogens (tertiary/aromatic N) is 2. The van der Waals surface area contributed by atoms with Crippen molar-refractivity contribution in [3.63, 3.8) is 0 Å². The van der Waals surface area contributed by atoms with E-state index >= 15 is 0 Å². The highest BCUT2D eigenvalue weighted by atomic mass is 16.6. The fourth-order valence-corrected chi connectivity index (χ4v) is 1.14. The monoisotopic (exact) mass is 210 g/mol. The molecule has 0 aliphatic rings. The second-order valence-corrected chi connectivity index (χ2v) is 3.62. The largest absolute Gasteiger partial charge is 0.313 e. The molecule has 0 aromatic heterocycles. The fourth-order valence-electron chi connectivity index (χ4n) is 1.14. The van der Waals surface area contributed by atoms with Gasteiger partial charge in [0.1, 0.15) is 0 Å². The van der Waals surface area contributed by atoms with Crippen LogP contribution in [0.1, 0.15) is 19.4 Å². The van der Waals surface area contributed by atoms with Crippen molar-refractivity contribution < 1.29 is 10.1 Å². The van der Waals surface area contributed by atoms with Crippen LogP contribution in [0.4, 0.5) is 5.69 Å². The molecule has 15 heavy (non-hydrogen) atoms. The molecule has 0 spiro atoms. The van der Waals surface area contributed by atoms with Crippen molar-refractivity contribution in [2.75, 3.05) is 0 Å². The van der Waals surface area contributed by atoms with Crippen molar-refractivity contribution in [3.8, 4) is 0 Å². The summed E-state index contributed by atoms with van der Waals surface area (Å²) >= 11 is 0. The average Bonchev–Trinajstić information content (AvgIpc) is 2.18. The molecule has 0 unspecified atom stereocenters. The summed E-state index contributed by atoms with van der Waals surface area (Å²) in [5.41, 5.74) is 0.769. The molecule has 5 heteroatoms. The minimum Gasteiger partial charge on any atom is -0.313 e. The number of non-ortho nitro benzene ring substituents is 1. The van der Waals surface area contributed by atoms with E-state index in [0.717, 1.165) is 10.6 Å². The predicted molar refractivity (Wildman–Crippen MR) is 55.6 cm³/mol. The van der Waals surface area contributed by atoms with Gasteiger partial charge < -0.3 is 5.21 Å². The molecule has 0 saturated carbocycles. The van der Waals surface area contributed by atoms with Gasteiger partial charge in [-0.3, -0.25) is 10.1 Å². The van der Waals surface area contributed by atoms with Gasteiger partial charge in [0.15, 0.2) is 0 Å². The summed E-state index contributed by atoms with van der Waals surface area (Å²) in [6.07, 6.45) is 0. The van der Waals surface area contributed by atoms with Gasteiger partial charge in [-0.15, -0.1) is 0 Å². The molecule has 0 atom stereocenters. The van der Waals surface area contributed by atoms with Gasteiger partial charge in [-0.05, 0) is 19.4 Å². The number of nitro groups is 1. The van der Waals surface area contributed by atoms with Crippen LogP contribution in [0.3, 0.4) is 0 Å². The summed E-state index contributed by atoms with van der Waals surface area (Å²) in [5, 5.41) is 21.1. The number of hydroxylamine groups is 2. The zero-order valence-corrected chi connectivity index (χ0v) is 8.75. The SMILES string of the molecule is CC(C)N(O)Cc1cccc([N+](=O)[O-])c1. The van der Waals surface area contributed by atoms with E-state index in [-0.39, 0.29) is 11.7 Å². The first-order valence-electron chi connectivity index (χ1n) is 4.69. The molecule has 0 saturated heterocycles. The Morgan fingerprint density at radius 1 is 1.53 bits per heavy atom. The van der Waals surface area contributed by atoms with Crippen molar-refractivity contribution in [2.45, 2.75) is 26.4 Å². The zero-order chi connectivity index (χ0) is 11.4. The molecule has 0 heterocycles. The van der Waals surface area contributed by atoms with Crippen molar-refractivity contribution in [1.82, 2.24) is 5.06 Å². The lowest BCUT2D eigenvalue weighted by Gasteiger charge is -2.18. The first-order valence-corrected chi connectivity index (χ1v) is 4.69. The molecule has 82 valence electrons. The molecule has 0 radical (unpaired) electrons. The van der Waals surface area contributed by atoms with Gasteiger partial charge in [0.25, 0.3) is 5.69 Å². The van der Waals surface area contributed by atoms with Gasteiger partial charge in [0.2, 0.25) is 0 Å². The van der Waals surface area contributed by atoms with Gasteiger partial charge in [-0.25, -0.2) is 0 Å². The van der Waals surface area contributed by atoms with Gasteiger partial charge in [-0.2, -0.15) is 5.06 Å². The van der Waals surface area contributed by atoms with E-state index in [1.165, 1.54) is 12.1 Å². The van der Waals surface area contributed by atoms with Crippen molar-refractivity contribution in [3.05, 3.63) is 39.9 Å². The van der Waals surface area contributed by atoms with Gasteiger partial charge >= 0.3 is 0 Å². The molecule has 0 bridgehead atoms. The highest BCUT2D eigenvalue weighted by molar-refractivity contribution is 5.34. The van der Waals surface area contributed by atoms with E-state index in [1.807, 2.05) is 13.8 Å². The fraction of sp³-hybridized carbons (Fsp3) is 0.400. The third kappa shape index (κ3) is 3.30. The zero-order valence-electron chi connectivity index (χ0n) is 8.75. The third-order valence-electron chi connectivity index (χ3n) is 2.06. The molecule has 1 aromatic rings. The second-order valence-electron chi connectivity index (χ2n) is 3.62. The minimum atomic E-state index is -0.444. The van der Waals surface area contributed by atoms with Gasteiger partial charge in [0, 0.05) is 24.7 Å². The van der Waals surface area contributed by atoms with Gasteiger partial charge in [0.05, 0.1) is 4.92 Å². The van der Waals surface area contributed by atoms with E-state index in [9.17, 15) is 15.3 Å². The van der Waals surface area contributed by atoms with Crippen LogP contribution in [0.25, 0.3) is 0 Å². The maximum Gasteiger partial charge on any atom is 0.269 e. The Hall–Kier alpha value is -1.46. The van der Waals surface area contributed by atoms with Crippen LogP contribution in [0.2, 0.25) is 0 Å². The summed E-state index contributed by atoms with van der Waals surface area (Å²) in [4.78, 5) is 10.1. The van der Waals surface area contributed by atoms with E-state index in [1.54, 1.807) is 12.1 Å². The summed E-state index contributed by atoms with van der Waals surface area (Å²) < 4.78 is 0. The normalized spacial score (nSPS) is 11.0. The van der Waals surface area contributed by atoms with Crippen molar-refractivity contribution in [2.24, 2.45) is 0 Å². The van der Waals surface area contributed by atoms with E-state index in [2.05, 4.69) is 0 Å². The molecule has 0 fully saturated rings. The Bertz CT molecular complexity index is 352. The van der Waals surface area contributed by atoms with Crippen LogP contribution in [0.5, 0.6) is 0 Å². The Kier molecular flexibility index (Phi) is 3.76. The van der Waals surface area contributed by atoms with Crippen LogP contribution in [-0.4, -0.2) is 21.2 Å². The predicted octanol–water partition coefficient (Wildman–Crippen LogP) is 2.19. The number of rotatable bonds is 4. The third-order valence-corrected chi connectivity index (χ3v) is 2.06. The van der Waals surface area contributed by atoms with Crippen molar-refractivity contribution in [1.29, 1.82) is 0 Å². The molecule has 0 aliphatic heterocycles. The van der Waals surface area contributed by atoms with Crippen molar-refractivity contribution >= 4 is 5.69 Å². The van der Waals surface area contributed by atoms with E-state index < -0.39 is 4.92 Å². The first-order chi connectivity index (χ1) is 7.00. The summed E-state index contributed by atoms with van der Waals surface area (Å²) in [6, 6.07) is 6.25. The number of benzene rings is 1. The van der Waals surface area contributed by atoms with Gasteiger partial charge in [-0.1, -0.05) is 12.1 Å². The Balaban J connectivity index is 2.78. The number of hydrogen-bond acceptors (Lipinski definition) is 4.